The number of aliphatic hydroxyl groups excluding tert-OH is 1. The second-order valence-corrected chi connectivity index (χ2v) is 5.85. The Morgan fingerprint density at radius 3 is 2.35 bits per heavy atom. The van der Waals surface area contributed by atoms with Crippen LogP contribution in [0.2, 0.25) is 0 Å². The molecule has 1 rings (SSSR count). The Balaban J connectivity index is 2.82. The number of rotatable bonds is 5. The summed E-state index contributed by atoms with van der Waals surface area (Å²) in [6.45, 7) is 8.79. The molecule has 0 aliphatic rings. The zero-order chi connectivity index (χ0) is 12.9. The van der Waals surface area contributed by atoms with E-state index in [1.54, 1.807) is 0 Å². The van der Waals surface area contributed by atoms with Crippen LogP contribution in [0.15, 0.2) is 24.3 Å². The van der Waals surface area contributed by atoms with Gasteiger partial charge in [0.2, 0.25) is 0 Å². The molecular weight excluding hydrogens is 208 g/mol. The predicted octanol–water partition coefficient (Wildman–Crippen LogP) is 4.60. The maximum Gasteiger partial charge on any atom is 0.0792 e. The smallest absolute Gasteiger partial charge is 0.0792 e. The lowest BCUT2D eigenvalue weighted by Gasteiger charge is -2.25. The van der Waals surface area contributed by atoms with E-state index in [1.807, 2.05) is 6.07 Å². The van der Waals surface area contributed by atoms with Crippen molar-refractivity contribution in [3.63, 3.8) is 0 Å². The minimum atomic E-state index is -0.308. The Morgan fingerprint density at radius 2 is 1.76 bits per heavy atom. The van der Waals surface area contributed by atoms with Gasteiger partial charge in [-0.15, -0.1) is 0 Å². The van der Waals surface area contributed by atoms with E-state index in [4.69, 9.17) is 0 Å². The maximum atomic E-state index is 10.3. The number of benzene rings is 1. The van der Waals surface area contributed by atoms with Gasteiger partial charge in [0.15, 0.2) is 0 Å². The molecule has 0 aromatic heterocycles. The fraction of sp³-hybridized carbons (Fsp3) is 0.625. The molecule has 0 amide bonds. The molecule has 0 heterocycles. The third-order valence-corrected chi connectivity index (χ3v) is 3.21. The van der Waals surface area contributed by atoms with Gasteiger partial charge in [-0.05, 0) is 23.0 Å². The van der Waals surface area contributed by atoms with Gasteiger partial charge in [0.05, 0.1) is 6.10 Å². The minimum absolute atomic E-state index is 0.0995. The second-order valence-electron chi connectivity index (χ2n) is 5.85. The number of unbranched alkanes of at least 4 members (excludes halogenated alkanes) is 2. The summed E-state index contributed by atoms with van der Waals surface area (Å²) in [4.78, 5) is 0. The SMILES string of the molecule is CCCCCC(O)c1ccccc1C(C)(C)C. The van der Waals surface area contributed by atoms with Crippen LogP contribution in [0.1, 0.15) is 70.6 Å². The van der Waals surface area contributed by atoms with Gasteiger partial charge >= 0.3 is 0 Å². The van der Waals surface area contributed by atoms with Crippen LogP contribution < -0.4 is 0 Å². The van der Waals surface area contributed by atoms with Crippen molar-refractivity contribution in [3.05, 3.63) is 35.4 Å². The van der Waals surface area contributed by atoms with Crippen molar-refractivity contribution in [3.8, 4) is 0 Å². The summed E-state index contributed by atoms with van der Waals surface area (Å²) in [6, 6.07) is 8.28. The maximum absolute atomic E-state index is 10.3. The van der Waals surface area contributed by atoms with E-state index in [9.17, 15) is 5.11 Å². The third-order valence-electron chi connectivity index (χ3n) is 3.21. The number of aliphatic hydroxyl groups is 1. The molecule has 1 aromatic carbocycles. The number of hydrogen-bond donors (Lipinski definition) is 1. The van der Waals surface area contributed by atoms with Crippen molar-refractivity contribution in [2.75, 3.05) is 0 Å². The van der Waals surface area contributed by atoms with E-state index >= 15 is 0 Å². The standard InChI is InChI=1S/C16H26O/c1-5-6-7-12-15(17)13-10-8-9-11-14(13)16(2,3)4/h8-11,15,17H,5-7,12H2,1-4H3. The molecule has 1 N–H and O–H groups in total. The van der Waals surface area contributed by atoms with E-state index in [2.05, 4.69) is 45.9 Å². The summed E-state index contributed by atoms with van der Waals surface area (Å²) in [5.41, 5.74) is 2.47. The molecule has 96 valence electrons. The molecule has 17 heavy (non-hydrogen) atoms. The highest BCUT2D eigenvalue weighted by molar-refractivity contribution is 5.34. The van der Waals surface area contributed by atoms with Crippen LogP contribution in [-0.4, -0.2) is 5.11 Å². The van der Waals surface area contributed by atoms with Gasteiger partial charge in [-0.2, -0.15) is 0 Å². The minimum Gasteiger partial charge on any atom is -0.388 e. The average molecular weight is 234 g/mol. The first-order valence-corrected chi connectivity index (χ1v) is 6.74. The Bertz CT molecular complexity index is 336. The van der Waals surface area contributed by atoms with Gasteiger partial charge in [-0.3, -0.25) is 0 Å². The van der Waals surface area contributed by atoms with Crippen LogP contribution in [-0.2, 0) is 5.41 Å². The topological polar surface area (TPSA) is 20.2 Å². The van der Waals surface area contributed by atoms with Gasteiger partial charge in [-0.25, -0.2) is 0 Å². The molecule has 1 nitrogen and oxygen atoms in total. The summed E-state index contributed by atoms with van der Waals surface area (Å²) in [5.74, 6) is 0. The lowest BCUT2D eigenvalue weighted by atomic mass is 9.81. The monoisotopic (exact) mass is 234 g/mol. The van der Waals surface area contributed by atoms with Gasteiger partial charge in [-0.1, -0.05) is 71.2 Å². The van der Waals surface area contributed by atoms with Crippen LogP contribution in [0.4, 0.5) is 0 Å². The normalized spacial score (nSPS) is 13.7. The Hall–Kier alpha value is -0.820. The van der Waals surface area contributed by atoms with Gasteiger partial charge in [0.25, 0.3) is 0 Å². The highest BCUT2D eigenvalue weighted by Gasteiger charge is 2.20. The van der Waals surface area contributed by atoms with Crippen molar-refractivity contribution < 1.29 is 5.11 Å². The molecular formula is C16H26O. The fourth-order valence-electron chi connectivity index (χ4n) is 2.21. The van der Waals surface area contributed by atoms with Crippen LogP contribution in [0, 0.1) is 0 Å². The number of hydrogen-bond acceptors (Lipinski definition) is 1. The van der Waals surface area contributed by atoms with Crippen molar-refractivity contribution >= 4 is 0 Å². The Labute approximate surface area is 106 Å². The molecule has 1 aromatic rings. The quantitative estimate of drug-likeness (QED) is 0.738. The molecule has 0 radical (unpaired) electrons. The first-order valence-electron chi connectivity index (χ1n) is 6.74. The highest BCUT2D eigenvalue weighted by Crippen LogP contribution is 2.31. The van der Waals surface area contributed by atoms with E-state index in [0.717, 1.165) is 18.4 Å². The first kappa shape index (κ1) is 14.2. The summed E-state index contributed by atoms with van der Waals surface area (Å²) in [7, 11) is 0. The lowest BCUT2D eigenvalue weighted by Crippen LogP contribution is -2.16. The second kappa shape index (κ2) is 6.20. The van der Waals surface area contributed by atoms with Crippen LogP contribution in [0.25, 0.3) is 0 Å². The Morgan fingerprint density at radius 1 is 1.12 bits per heavy atom. The average Bonchev–Trinajstić information content (AvgIpc) is 2.28. The van der Waals surface area contributed by atoms with Crippen LogP contribution >= 0.6 is 0 Å². The molecule has 1 heteroatoms. The summed E-state index contributed by atoms with van der Waals surface area (Å²) in [6.07, 6.45) is 4.08. The van der Waals surface area contributed by atoms with Crippen molar-refractivity contribution in [2.24, 2.45) is 0 Å². The molecule has 0 bridgehead atoms. The summed E-state index contributed by atoms with van der Waals surface area (Å²) in [5, 5.41) is 10.3. The molecule has 0 aliphatic heterocycles. The molecule has 0 aliphatic carbocycles. The molecule has 0 saturated carbocycles. The van der Waals surface area contributed by atoms with E-state index in [-0.39, 0.29) is 11.5 Å². The van der Waals surface area contributed by atoms with E-state index in [0.29, 0.717) is 0 Å². The zero-order valence-corrected chi connectivity index (χ0v) is 11.7. The van der Waals surface area contributed by atoms with Crippen LogP contribution in [0.3, 0.4) is 0 Å². The Kier molecular flexibility index (Phi) is 5.20. The fourth-order valence-corrected chi connectivity index (χ4v) is 2.21. The molecule has 0 saturated heterocycles. The third kappa shape index (κ3) is 4.16. The van der Waals surface area contributed by atoms with Gasteiger partial charge < -0.3 is 5.11 Å². The van der Waals surface area contributed by atoms with Crippen molar-refractivity contribution in [2.45, 2.75) is 64.9 Å². The van der Waals surface area contributed by atoms with E-state index < -0.39 is 0 Å². The zero-order valence-electron chi connectivity index (χ0n) is 11.7. The molecule has 0 spiro atoms. The molecule has 1 atom stereocenters. The largest absolute Gasteiger partial charge is 0.388 e. The molecule has 1 unspecified atom stereocenters. The van der Waals surface area contributed by atoms with Crippen LogP contribution in [0.5, 0.6) is 0 Å². The van der Waals surface area contributed by atoms with Gasteiger partial charge in [0, 0.05) is 0 Å². The summed E-state index contributed by atoms with van der Waals surface area (Å²) >= 11 is 0. The lowest BCUT2D eigenvalue weighted by molar-refractivity contribution is 0.161. The van der Waals surface area contributed by atoms with Crippen molar-refractivity contribution in [1.29, 1.82) is 0 Å². The highest BCUT2D eigenvalue weighted by atomic mass is 16.3. The first-order chi connectivity index (χ1) is 7.96. The van der Waals surface area contributed by atoms with Crippen molar-refractivity contribution in [1.82, 2.24) is 0 Å². The van der Waals surface area contributed by atoms with Gasteiger partial charge in [0.1, 0.15) is 0 Å². The molecule has 0 fully saturated rings. The van der Waals surface area contributed by atoms with E-state index in [1.165, 1.54) is 18.4 Å². The predicted molar refractivity (Wildman–Crippen MR) is 74.2 cm³/mol. The summed E-state index contributed by atoms with van der Waals surface area (Å²) < 4.78 is 0.